The number of amides is 1. The molecule has 0 atom stereocenters. The Morgan fingerprint density at radius 3 is 2.77 bits per heavy atom. The summed E-state index contributed by atoms with van der Waals surface area (Å²) in [5.41, 5.74) is 2.65. The lowest BCUT2D eigenvalue weighted by molar-refractivity contribution is 0.0947. The average Bonchev–Trinajstić information content (AvgIpc) is 3.17. The van der Waals surface area contributed by atoms with Crippen LogP contribution in [0.25, 0.3) is 11.3 Å². The number of carbonyl (C=O) groups is 1. The van der Waals surface area contributed by atoms with Crippen LogP contribution in [-0.2, 0) is 6.54 Å². The molecular weight excluding hydrogens is 280 g/mol. The average molecular weight is 296 g/mol. The smallest absolute Gasteiger partial charge is 0.274 e. The highest BCUT2D eigenvalue weighted by Crippen LogP contribution is 2.18. The molecule has 0 saturated heterocycles. The molecule has 0 radical (unpaired) electrons. The van der Waals surface area contributed by atoms with Gasteiger partial charge in [-0.15, -0.1) is 0 Å². The summed E-state index contributed by atoms with van der Waals surface area (Å²) in [6.45, 7) is 3.01. The largest absolute Gasteiger partial charge is 0.349 e. The second-order valence-electron chi connectivity index (χ2n) is 4.86. The molecule has 7 nitrogen and oxygen atoms in total. The Morgan fingerprint density at radius 2 is 2.05 bits per heavy atom. The minimum atomic E-state index is -0.253. The molecule has 7 heteroatoms. The molecule has 1 aromatic carbocycles. The predicted octanol–water partition coefficient (Wildman–Crippen LogP) is 1.41. The van der Waals surface area contributed by atoms with Crippen molar-refractivity contribution in [1.29, 1.82) is 0 Å². The second kappa shape index (κ2) is 6.21. The minimum absolute atomic E-state index is 0.253. The van der Waals surface area contributed by atoms with Crippen molar-refractivity contribution in [3.8, 4) is 11.3 Å². The van der Waals surface area contributed by atoms with Crippen LogP contribution in [0.5, 0.6) is 0 Å². The molecule has 0 bridgehead atoms. The molecule has 2 N–H and O–H groups in total. The highest BCUT2D eigenvalue weighted by Gasteiger charge is 2.17. The molecule has 0 spiro atoms. The summed E-state index contributed by atoms with van der Waals surface area (Å²) in [7, 11) is 0. The highest BCUT2D eigenvalue weighted by atomic mass is 16.2. The van der Waals surface area contributed by atoms with Crippen molar-refractivity contribution in [2.24, 2.45) is 0 Å². The molecule has 0 saturated carbocycles. The lowest BCUT2D eigenvalue weighted by Gasteiger charge is -2.05. The first kappa shape index (κ1) is 14.0. The van der Waals surface area contributed by atoms with Crippen LogP contribution in [0.15, 0.2) is 42.6 Å². The topological polar surface area (TPSA) is 88.5 Å². The Bertz CT molecular complexity index is 761. The SMILES string of the molecule is Cc1ccn(CCNC(=O)c2n[nH]nc2-c2ccccc2)n1. The Hall–Kier alpha value is -2.96. The zero-order valence-electron chi connectivity index (χ0n) is 12.2. The number of aryl methyl sites for hydroxylation is 1. The summed E-state index contributed by atoms with van der Waals surface area (Å²) >= 11 is 0. The third kappa shape index (κ3) is 3.03. The number of hydrogen-bond donors (Lipinski definition) is 2. The van der Waals surface area contributed by atoms with E-state index >= 15 is 0 Å². The minimum Gasteiger partial charge on any atom is -0.349 e. The predicted molar refractivity (Wildman–Crippen MR) is 81.1 cm³/mol. The van der Waals surface area contributed by atoms with E-state index in [9.17, 15) is 4.79 Å². The first-order valence-corrected chi connectivity index (χ1v) is 6.98. The van der Waals surface area contributed by atoms with Gasteiger partial charge in [-0.3, -0.25) is 9.48 Å². The third-order valence-electron chi connectivity index (χ3n) is 3.21. The van der Waals surface area contributed by atoms with Crippen LogP contribution < -0.4 is 5.32 Å². The number of carbonyl (C=O) groups excluding carboxylic acids is 1. The zero-order valence-corrected chi connectivity index (χ0v) is 12.2. The van der Waals surface area contributed by atoms with Crippen LogP contribution in [0.3, 0.4) is 0 Å². The lowest BCUT2D eigenvalue weighted by Crippen LogP contribution is -2.28. The maximum atomic E-state index is 12.2. The van der Waals surface area contributed by atoms with Gasteiger partial charge in [0.1, 0.15) is 5.69 Å². The first-order valence-electron chi connectivity index (χ1n) is 6.98. The molecule has 3 aromatic rings. The van der Waals surface area contributed by atoms with E-state index in [1.165, 1.54) is 0 Å². The fourth-order valence-corrected chi connectivity index (χ4v) is 2.14. The van der Waals surface area contributed by atoms with Gasteiger partial charge in [-0.1, -0.05) is 30.3 Å². The normalized spacial score (nSPS) is 10.6. The molecule has 0 fully saturated rings. The molecule has 0 unspecified atom stereocenters. The number of aromatic nitrogens is 5. The van der Waals surface area contributed by atoms with Crippen LogP contribution >= 0.6 is 0 Å². The fraction of sp³-hybridized carbons (Fsp3) is 0.200. The quantitative estimate of drug-likeness (QED) is 0.745. The first-order chi connectivity index (χ1) is 10.7. The molecule has 22 heavy (non-hydrogen) atoms. The molecule has 1 amide bonds. The zero-order chi connectivity index (χ0) is 15.4. The van der Waals surface area contributed by atoms with E-state index in [4.69, 9.17) is 0 Å². The second-order valence-corrected chi connectivity index (χ2v) is 4.86. The number of aromatic amines is 1. The maximum absolute atomic E-state index is 12.2. The lowest BCUT2D eigenvalue weighted by atomic mass is 10.1. The Kier molecular flexibility index (Phi) is 3.95. The third-order valence-corrected chi connectivity index (χ3v) is 3.21. The van der Waals surface area contributed by atoms with Gasteiger partial charge in [0.05, 0.1) is 12.2 Å². The molecule has 0 aliphatic rings. The summed E-state index contributed by atoms with van der Waals surface area (Å²) < 4.78 is 1.79. The van der Waals surface area contributed by atoms with Crippen LogP contribution in [0.2, 0.25) is 0 Å². The van der Waals surface area contributed by atoms with E-state index in [0.717, 1.165) is 11.3 Å². The van der Waals surface area contributed by atoms with E-state index < -0.39 is 0 Å². The van der Waals surface area contributed by atoms with Crippen molar-refractivity contribution in [2.45, 2.75) is 13.5 Å². The van der Waals surface area contributed by atoms with Crippen molar-refractivity contribution in [3.05, 3.63) is 54.0 Å². The number of benzene rings is 1. The summed E-state index contributed by atoms with van der Waals surface area (Å²) in [4.78, 5) is 12.2. The van der Waals surface area contributed by atoms with Crippen LogP contribution in [-0.4, -0.2) is 37.6 Å². The Balaban J connectivity index is 1.65. The Labute approximate surface area is 127 Å². The molecule has 3 rings (SSSR count). The molecule has 0 aliphatic heterocycles. The van der Waals surface area contributed by atoms with Crippen molar-refractivity contribution in [2.75, 3.05) is 6.54 Å². The monoisotopic (exact) mass is 296 g/mol. The summed E-state index contributed by atoms with van der Waals surface area (Å²) in [6, 6.07) is 11.4. The van der Waals surface area contributed by atoms with Crippen molar-refractivity contribution in [3.63, 3.8) is 0 Å². The van der Waals surface area contributed by atoms with Crippen LogP contribution in [0, 0.1) is 6.92 Å². The molecule has 112 valence electrons. The van der Waals surface area contributed by atoms with Crippen molar-refractivity contribution < 1.29 is 4.79 Å². The molecule has 0 aliphatic carbocycles. The molecular formula is C15H16N6O. The van der Waals surface area contributed by atoms with Gasteiger partial charge < -0.3 is 5.32 Å². The maximum Gasteiger partial charge on any atom is 0.274 e. The van der Waals surface area contributed by atoms with E-state index in [1.807, 2.05) is 49.5 Å². The summed E-state index contributed by atoms with van der Waals surface area (Å²) in [6.07, 6.45) is 1.88. The Morgan fingerprint density at radius 1 is 1.23 bits per heavy atom. The van der Waals surface area contributed by atoms with Crippen LogP contribution in [0.4, 0.5) is 0 Å². The number of nitrogens with zero attached hydrogens (tertiary/aromatic N) is 4. The van der Waals surface area contributed by atoms with E-state index in [2.05, 4.69) is 25.8 Å². The van der Waals surface area contributed by atoms with Gasteiger partial charge in [-0.05, 0) is 13.0 Å². The summed E-state index contributed by atoms with van der Waals surface area (Å²) in [5, 5.41) is 17.6. The summed E-state index contributed by atoms with van der Waals surface area (Å²) in [5.74, 6) is -0.253. The van der Waals surface area contributed by atoms with Gasteiger partial charge in [0.25, 0.3) is 5.91 Å². The van der Waals surface area contributed by atoms with Gasteiger partial charge in [0, 0.05) is 18.3 Å². The highest BCUT2D eigenvalue weighted by molar-refractivity contribution is 5.97. The molecule has 2 heterocycles. The van der Waals surface area contributed by atoms with E-state index in [0.29, 0.717) is 24.5 Å². The van der Waals surface area contributed by atoms with E-state index in [1.54, 1.807) is 4.68 Å². The van der Waals surface area contributed by atoms with Gasteiger partial charge in [0.15, 0.2) is 5.69 Å². The van der Waals surface area contributed by atoms with Gasteiger partial charge in [-0.25, -0.2) is 0 Å². The van der Waals surface area contributed by atoms with Crippen LogP contribution in [0.1, 0.15) is 16.2 Å². The number of nitrogens with one attached hydrogen (secondary N) is 2. The fourth-order valence-electron chi connectivity index (χ4n) is 2.14. The van der Waals surface area contributed by atoms with Gasteiger partial charge in [-0.2, -0.15) is 20.5 Å². The number of rotatable bonds is 5. The van der Waals surface area contributed by atoms with E-state index in [-0.39, 0.29) is 5.91 Å². The standard InChI is InChI=1S/C15H16N6O/c1-11-7-9-21(19-11)10-8-16-15(22)14-13(17-20-18-14)12-5-3-2-4-6-12/h2-7,9H,8,10H2,1H3,(H,16,22)(H,17,18,20). The van der Waals surface area contributed by atoms with Gasteiger partial charge in [0.2, 0.25) is 0 Å². The van der Waals surface area contributed by atoms with Crippen molar-refractivity contribution in [1.82, 2.24) is 30.5 Å². The van der Waals surface area contributed by atoms with Crippen molar-refractivity contribution >= 4 is 5.91 Å². The van der Waals surface area contributed by atoms with Gasteiger partial charge >= 0.3 is 0 Å². The number of hydrogen-bond acceptors (Lipinski definition) is 4. The number of H-pyrrole nitrogens is 1. The molecule has 2 aromatic heterocycles.